The molecular formula is C38H40Cl2N8O8. The summed E-state index contributed by atoms with van der Waals surface area (Å²) in [6.45, 7) is 5.75. The van der Waals surface area contributed by atoms with Crippen LogP contribution in [0.5, 0.6) is 0 Å². The van der Waals surface area contributed by atoms with Crippen LogP contribution in [0.2, 0.25) is 10.0 Å². The Bertz CT molecular complexity index is 2610. The summed E-state index contributed by atoms with van der Waals surface area (Å²) in [5.41, 5.74) is 8.27. The van der Waals surface area contributed by atoms with E-state index in [1.54, 1.807) is 74.8 Å². The van der Waals surface area contributed by atoms with Gasteiger partial charge >= 0.3 is 11.9 Å². The number of rotatable bonds is 15. The molecule has 0 saturated heterocycles. The van der Waals surface area contributed by atoms with Crippen LogP contribution in [0, 0.1) is 19.8 Å². The molecule has 4 heterocycles. The topological polar surface area (TPSA) is 221 Å². The number of carboxylic acids is 2. The third-order valence-corrected chi connectivity index (χ3v) is 10.5. The summed E-state index contributed by atoms with van der Waals surface area (Å²) in [5, 5.41) is 41.0. The van der Waals surface area contributed by atoms with Gasteiger partial charge in [0, 0.05) is 65.7 Å². The molecule has 0 aliphatic carbocycles. The van der Waals surface area contributed by atoms with E-state index in [0.717, 1.165) is 0 Å². The number of aromatic nitrogens is 6. The first-order chi connectivity index (χ1) is 26.6. The Morgan fingerprint density at radius 3 is 1.91 bits per heavy atom. The highest BCUT2D eigenvalue weighted by Gasteiger charge is 2.31. The van der Waals surface area contributed by atoms with Crippen LogP contribution in [0.4, 0.5) is 0 Å². The Labute approximate surface area is 329 Å². The van der Waals surface area contributed by atoms with E-state index >= 15 is 0 Å². The van der Waals surface area contributed by atoms with Gasteiger partial charge in [-0.05, 0) is 39.8 Å². The number of benzene rings is 2. The standard InChI is InChI=1S/C38H40Cl2N8O8/c1-20(36(52)53)18-56-31(15-41)48-22(3)17-47-30(35(48)51)14-28(44-47)26-10-6-8-24(33(26)40)23-7-5-9-25(32(23)39)27-13-29-34(50)45(21(2)16-46(29)43-27)12-11-42-38(4,19-49)37(54)55/h5-10,13-14,16-17,20,31,42,49H,11-12,15,18-19,41H2,1-4H3,(H,52,53)(H,54,55)/t20-,31?,38+/m1/s1. The summed E-state index contributed by atoms with van der Waals surface area (Å²) in [7, 11) is 0. The van der Waals surface area contributed by atoms with Crippen molar-refractivity contribution in [3.63, 3.8) is 0 Å². The Morgan fingerprint density at radius 1 is 0.893 bits per heavy atom. The van der Waals surface area contributed by atoms with Crippen molar-refractivity contribution in [1.82, 2.24) is 33.7 Å². The number of nitrogens with zero attached hydrogens (tertiary/aromatic N) is 6. The molecule has 3 atom stereocenters. The normalized spacial score (nSPS) is 13.9. The van der Waals surface area contributed by atoms with E-state index in [1.165, 1.54) is 32.0 Å². The number of hydrogen-bond acceptors (Lipinski definition) is 10. The molecule has 56 heavy (non-hydrogen) atoms. The Balaban J connectivity index is 1.33. The average Bonchev–Trinajstić information content (AvgIpc) is 3.79. The van der Waals surface area contributed by atoms with Crippen LogP contribution < -0.4 is 22.2 Å². The van der Waals surface area contributed by atoms with Gasteiger partial charge in [-0.3, -0.25) is 29.1 Å². The van der Waals surface area contributed by atoms with E-state index in [2.05, 4.69) is 15.5 Å². The maximum absolute atomic E-state index is 13.7. The SMILES string of the molecule is Cc1cn2nc(-c3cccc(-c4cccc(-c5cc6c(=O)n(C(CN)OC[C@@H](C)C(=O)O)c(C)cn6n5)c4Cl)c3Cl)cc2c(=O)n1CCN[C@@](C)(CO)C(=O)O. The van der Waals surface area contributed by atoms with Crippen molar-refractivity contribution in [2.75, 3.05) is 26.3 Å². The lowest BCUT2D eigenvalue weighted by Gasteiger charge is -2.24. The predicted molar refractivity (Wildman–Crippen MR) is 210 cm³/mol. The fourth-order valence-corrected chi connectivity index (χ4v) is 7.01. The van der Waals surface area contributed by atoms with Crippen molar-refractivity contribution in [3.8, 4) is 33.6 Å². The first kappa shape index (κ1) is 40.3. The highest BCUT2D eigenvalue weighted by Crippen LogP contribution is 2.42. The lowest BCUT2D eigenvalue weighted by molar-refractivity contribution is -0.146. The smallest absolute Gasteiger partial charge is 0.326 e. The van der Waals surface area contributed by atoms with E-state index in [1.807, 2.05) is 0 Å². The number of halogens is 2. The summed E-state index contributed by atoms with van der Waals surface area (Å²) >= 11 is 14.1. The van der Waals surface area contributed by atoms with Gasteiger partial charge in [-0.2, -0.15) is 10.2 Å². The number of aliphatic hydroxyl groups excluding tert-OH is 1. The molecule has 0 aliphatic rings. The molecule has 18 heteroatoms. The Morgan fingerprint density at radius 2 is 1.41 bits per heavy atom. The van der Waals surface area contributed by atoms with Gasteiger partial charge in [0.1, 0.15) is 22.8 Å². The van der Waals surface area contributed by atoms with Crippen molar-refractivity contribution in [2.24, 2.45) is 11.7 Å². The van der Waals surface area contributed by atoms with Crippen molar-refractivity contribution < 1.29 is 29.6 Å². The maximum atomic E-state index is 13.7. The zero-order valence-electron chi connectivity index (χ0n) is 30.9. The van der Waals surface area contributed by atoms with Crippen LogP contribution in [-0.2, 0) is 20.9 Å². The number of carboxylic acid groups (broad SMARTS) is 2. The number of aliphatic carboxylic acids is 2. The van der Waals surface area contributed by atoms with Gasteiger partial charge in [0.15, 0.2) is 0 Å². The second-order valence-corrected chi connectivity index (χ2v) is 14.5. The van der Waals surface area contributed by atoms with Gasteiger partial charge in [-0.15, -0.1) is 0 Å². The molecule has 6 aromatic rings. The number of nitrogens with one attached hydrogen (secondary N) is 1. The molecule has 0 spiro atoms. The molecule has 4 aromatic heterocycles. The van der Waals surface area contributed by atoms with Crippen molar-refractivity contribution >= 4 is 46.2 Å². The van der Waals surface area contributed by atoms with Crippen LogP contribution in [-0.4, -0.2) is 87.5 Å². The first-order valence-electron chi connectivity index (χ1n) is 17.5. The average molecular weight is 808 g/mol. The molecule has 2 aromatic carbocycles. The molecule has 0 amide bonds. The largest absolute Gasteiger partial charge is 0.481 e. The van der Waals surface area contributed by atoms with Gasteiger partial charge in [-0.25, -0.2) is 9.03 Å². The number of ether oxygens (including phenoxy) is 1. The molecule has 0 aliphatic heterocycles. The van der Waals surface area contributed by atoms with Crippen LogP contribution in [0.3, 0.4) is 0 Å². The summed E-state index contributed by atoms with van der Waals surface area (Å²) in [4.78, 5) is 50.2. The first-order valence-corrected chi connectivity index (χ1v) is 18.3. The van der Waals surface area contributed by atoms with Gasteiger partial charge in [0.2, 0.25) is 0 Å². The number of aliphatic hydroxyl groups is 1. The fourth-order valence-electron chi connectivity index (χ4n) is 6.37. The summed E-state index contributed by atoms with van der Waals surface area (Å²) < 4.78 is 11.6. The molecule has 294 valence electrons. The molecule has 6 N–H and O–H groups in total. The van der Waals surface area contributed by atoms with Crippen molar-refractivity contribution in [1.29, 1.82) is 0 Å². The minimum Gasteiger partial charge on any atom is -0.481 e. The number of carbonyl (C=O) groups is 2. The zero-order valence-corrected chi connectivity index (χ0v) is 32.4. The molecule has 0 bridgehead atoms. The highest BCUT2D eigenvalue weighted by molar-refractivity contribution is 6.39. The Hall–Kier alpha value is -5.36. The second-order valence-electron chi connectivity index (χ2n) is 13.7. The molecule has 0 radical (unpaired) electrons. The monoisotopic (exact) mass is 806 g/mol. The minimum atomic E-state index is -1.55. The molecule has 6 rings (SSSR count). The summed E-state index contributed by atoms with van der Waals surface area (Å²) in [5.74, 6) is -3.03. The second kappa shape index (κ2) is 16.0. The van der Waals surface area contributed by atoms with Crippen LogP contribution in [0.15, 0.2) is 70.5 Å². The van der Waals surface area contributed by atoms with E-state index in [9.17, 15) is 34.5 Å². The zero-order chi connectivity index (χ0) is 40.6. The van der Waals surface area contributed by atoms with Gasteiger partial charge in [0.05, 0.1) is 40.6 Å². The molecule has 0 fully saturated rings. The summed E-state index contributed by atoms with van der Waals surface area (Å²) in [6, 6.07) is 14.0. The Kier molecular flexibility index (Phi) is 11.5. The van der Waals surface area contributed by atoms with Crippen LogP contribution in [0.1, 0.15) is 31.5 Å². The molecular weight excluding hydrogens is 767 g/mol. The van der Waals surface area contributed by atoms with E-state index in [-0.39, 0.29) is 42.8 Å². The number of aryl methyl sites for hydroxylation is 2. The molecule has 0 saturated carbocycles. The van der Waals surface area contributed by atoms with Crippen molar-refractivity contribution in [2.45, 2.75) is 46.0 Å². The van der Waals surface area contributed by atoms with E-state index in [0.29, 0.717) is 55.1 Å². The van der Waals surface area contributed by atoms with E-state index < -0.39 is 41.8 Å². The maximum Gasteiger partial charge on any atom is 0.326 e. The number of fused-ring (bicyclic) bond motifs is 2. The third-order valence-electron chi connectivity index (χ3n) is 9.73. The van der Waals surface area contributed by atoms with Gasteiger partial charge < -0.3 is 30.4 Å². The molecule has 1 unspecified atom stereocenters. The lowest BCUT2D eigenvalue weighted by atomic mass is 9.98. The number of nitrogens with two attached hydrogens (primary N) is 1. The van der Waals surface area contributed by atoms with Crippen LogP contribution >= 0.6 is 23.2 Å². The molecule has 16 nitrogen and oxygen atoms in total. The quantitative estimate of drug-likeness (QED) is 0.0999. The van der Waals surface area contributed by atoms with Gasteiger partial charge in [0.25, 0.3) is 11.1 Å². The lowest BCUT2D eigenvalue weighted by Crippen LogP contribution is -2.53. The summed E-state index contributed by atoms with van der Waals surface area (Å²) in [6.07, 6.45) is 2.44. The third kappa shape index (κ3) is 7.46. The van der Waals surface area contributed by atoms with Crippen LogP contribution in [0.25, 0.3) is 44.7 Å². The fraction of sp³-hybridized carbons (Fsp3) is 0.316. The predicted octanol–water partition coefficient (Wildman–Crippen LogP) is 3.85. The highest BCUT2D eigenvalue weighted by atomic mass is 35.5. The van der Waals surface area contributed by atoms with Gasteiger partial charge in [-0.1, -0.05) is 59.6 Å². The van der Waals surface area contributed by atoms with Crippen molar-refractivity contribution in [3.05, 3.63) is 103 Å². The van der Waals surface area contributed by atoms with E-state index in [4.69, 9.17) is 33.7 Å². The number of hydrogen-bond donors (Lipinski definition) is 5. The minimum absolute atomic E-state index is 0.0653.